The van der Waals surface area contributed by atoms with Gasteiger partial charge in [0.25, 0.3) is 5.91 Å². The Kier molecular flexibility index (Phi) is 4.15. The Bertz CT molecular complexity index is 853. The van der Waals surface area contributed by atoms with Gasteiger partial charge in [0.05, 0.1) is 25.3 Å². The van der Waals surface area contributed by atoms with Gasteiger partial charge < -0.3 is 10.1 Å². The lowest BCUT2D eigenvalue weighted by Crippen LogP contribution is -2.40. The molecule has 1 saturated heterocycles. The lowest BCUT2D eigenvalue weighted by atomic mass is 9.92. The van der Waals surface area contributed by atoms with Crippen LogP contribution in [0.25, 0.3) is 0 Å². The second kappa shape index (κ2) is 6.29. The summed E-state index contributed by atoms with van der Waals surface area (Å²) in [6, 6.07) is 15.4. The van der Waals surface area contributed by atoms with E-state index in [1.165, 1.54) is 4.90 Å². The second-order valence-corrected chi connectivity index (χ2v) is 5.98. The summed E-state index contributed by atoms with van der Waals surface area (Å²) in [6.07, 6.45) is 0. The van der Waals surface area contributed by atoms with Gasteiger partial charge in [0.2, 0.25) is 0 Å². The summed E-state index contributed by atoms with van der Waals surface area (Å²) in [6.45, 7) is 1.84. The van der Waals surface area contributed by atoms with Gasteiger partial charge in [-0.15, -0.1) is 0 Å². The molecule has 1 aliphatic heterocycles. The maximum atomic E-state index is 12.9. The van der Waals surface area contributed by atoms with Crippen molar-refractivity contribution in [3.05, 3.63) is 65.2 Å². The second-order valence-electron chi connectivity index (χ2n) is 5.98. The van der Waals surface area contributed by atoms with E-state index < -0.39 is 11.6 Å². The number of urea groups is 1. The largest absolute Gasteiger partial charge is 0.497 e. The van der Waals surface area contributed by atoms with Crippen LogP contribution in [0.4, 0.5) is 4.79 Å². The highest BCUT2D eigenvalue weighted by molar-refractivity contribution is 6.07. The van der Waals surface area contributed by atoms with E-state index in [0.29, 0.717) is 16.9 Å². The van der Waals surface area contributed by atoms with Gasteiger partial charge in [-0.05, 0) is 42.3 Å². The fourth-order valence-corrected chi connectivity index (χ4v) is 2.83. The van der Waals surface area contributed by atoms with Crippen molar-refractivity contribution >= 4 is 11.9 Å². The van der Waals surface area contributed by atoms with Gasteiger partial charge in [0.1, 0.15) is 11.3 Å². The fourth-order valence-electron chi connectivity index (χ4n) is 2.83. The van der Waals surface area contributed by atoms with E-state index in [-0.39, 0.29) is 12.5 Å². The van der Waals surface area contributed by atoms with Crippen molar-refractivity contribution in [2.24, 2.45) is 0 Å². The molecule has 2 aromatic rings. The van der Waals surface area contributed by atoms with Crippen molar-refractivity contribution in [1.29, 1.82) is 5.26 Å². The van der Waals surface area contributed by atoms with E-state index >= 15 is 0 Å². The summed E-state index contributed by atoms with van der Waals surface area (Å²) in [4.78, 5) is 26.4. The van der Waals surface area contributed by atoms with Crippen LogP contribution >= 0.6 is 0 Å². The number of amides is 3. The number of hydrogen-bond acceptors (Lipinski definition) is 4. The molecular formula is C19H17N3O3. The third kappa shape index (κ3) is 2.92. The quantitative estimate of drug-likeness (QED) is 0.871. The van der Waals surface area contributed by atoms with Gasteiger partial charge in [0, 0.05) is 0 Å². The van der Waals surface area contributed by atoms with E-state index in [9.17, 15) is 9.59 Å². The molecule has 2 aromatic carbocycles. The molecular weight excluding hydrogens is 318 g/mol. The number of ether oxygens (including phenoxy) is 1. The number of nitriles is 1. The third-order valence-corrected chi connectivity index (χ3v) is 4.37. The summed E-state index contributed by atoms with van der Waals surface area (Å²) in [5, 5.41) is 11.6. The predicted octanol–water partition coefficient (Wildman–Crippen LogP) is 2.53. The van der Waals surface area contributed by atoms with Crippen molar-refractivity contribution in [1.82, 2.24) is 10.2 Å². The molecule has 1 N–H and O–H groups in total. The van der Waals surface area contributed by atoms with E-state index in [0.717, 1.165) is 5.56 Å². The molecule has 0 aromatic heterocycles. The molecule has 0 spiro atoms. The molecule has 3 amide bonds. The van der Waals surface area contributed by atoms with Crippen LogP contribution < -0.4 is 10.1 Å². The summed E-state index contributed by atoms with van der Waals surface area (Å²) >= 11 is 0. The Hall–Kier alpha value is -3.33. The van der Waals surface area contributed by atoms with Crippen LogP contribution in [0.5, 0.6) is 5.75 Å². The van der Waals surface area contributed by atoms with Crippen LogP contribution in [0, 0.1) is 11.3 Å². The number of nitrogens with one attached hydrogen (secondary N) is 1. The lowest BCUT2D eigenvalue weighted by Gasteiger charge is -2.22. The van der Waals surface area contributed by atoms with E-state index in [1.807, 2.05) is 6.07 Å². The molecule has 0 aliphatic carbocycles. The first-order valence-corrected chi connectivity index (χ1v) is 7.75. The average Bonchev–Trinajstić information content (AvgIpc) is 2.86. The minimum Gasteiger partial charge on any atom is -0.497 e. The Morgan fingerprint density at radius 2 is 1.76 bits per heavy atom. The van der Waals surface area contributed by atoms with Gasteiger partial charge in [-0.1, -0.05) is 24.3 Å². The van der Waals surface area contributed by atoms with Gasteiger partial charge in [-0.25, -0.2) is 4.79 Å². The standard InChI is InChI=1S/C19H17N3O3/c1-19(15-7-9-16(25-2)10-8-15)17(23)22(18(24)21-19)12-14-5-3-13(11-20)4-6-14/h3-10H,12H2,1-2H3,(H,21,24)/t19-/m0/s1. The van der Waals surface area contributed by atoms with Crippen molar-refractivity contribution in [2.45, 2.75) is 19.0 Å². The normalized spacial score (nSPS) is 19.5. The first-order chi connectivity index (χ1) is 12.0. The van der Waals surface area contributed by atoms with Crippen LogP contribution in [0.2, 0.25) is 0 Å². The van der Waals surface area contributed by atoms with Gasteiger partial charge >= 0.3 is 6.03 Å². The molecule has 1 atom stereocenters. The maximum Gasteiger partial charge on any atom is 0.325 e. The third-order valence-electron chi connectivity index (χ3n) is 4.37. The predicted molar refractivity (Wildman–Crippen MR) is 90.6 cm³/mol. The van der Waals surface area contributed by atoms with Crippen molar-refractivity contribution < 1.29 is 14.3 Å². The highest BCUT2D eigenvalue weighted by atomic mass is 16.5. The number of rotatable bonds is 4. The molecule has 1 heterocycles. The number of nitrogens with zero attached hydrogens (tertiary/aromatic N) is 2. The van der Waals surface area contributed by atoms with Crippen LogP contribution in [0.15, 0.2) is 48.5 Å². The highest BCUT2D eigenvalue weighted by Crippen LogP contribution is 2.30. The summed E-state index contributed by atoms with van der Waals surface area (Å²) < 4.78 is 5.13. The average molecular weight is 335 g/mol. The monoisotopic (exact) mass is 335 g/mol. The fraction of sp³-hybridized carbons (Fsp3) is 0.211. The van der Waals surface area contributed by atoms with Crippen LogP contribution in [0.3, 0.4) is 0 Å². The number of carbonyl (C=O) groups excluding carboxylic acids is 2. The summed E-state index contributed by atoms with van der Waals surface area (Å²) in [7, 11) is 1.57. The number of carbonyl (C=O) groups is 2. The molecule has 0 bridgehead atoms. The summed E-state index contributed by atoms with van der Waals surface area (Å²) in [5.74, 6) is 0.366. The smallest absolute Gasteiger partial charge is 0.325 e. The number of hydrogen-bond donors (Lipinski definition) is 1. The van der Waals surface area contributed by atoms with Crippen LogP contribution in [-0.4, -0.2) is 23.9 Å². The number of methoxy groups -OCH3 is 1. The Balaban J connectivity index is 1.84. The Labute approximate surface area is 145 Å². The molecule has 3 rings (SSSR count). The minimum atomic E-state index is -1.12. The van der Waals surface area contributed by atoms with Gasteiger partial charge in [-0.2, -0.15) is 5.26 Å². The topological polar surface area (TPSA) is 82.4 Å². The van der Waals surface area contributed by atoms with Crippen molar-refractivity contribution in [3.63, 3.8) is 0 Å². The Morgan fingerprint density at radius 1 is 1.12 bits per heavy atom. The molecule has 0 unspecified atom stereocenters. The summed E-state index contributed by atoms with van der Waals surface area (Å²) in [5.41, 5.74) is 0.884. The van der Waals surface area contributed by atoms with Gasteiger partial charge in [-0.3, -0.25) is 9.69 Å². The van der Waals surface area contributed by atoms with Crippen LogP contribution in [-0.2, 0) is 16.9 Å². The molecule has 6 heteroatoms. The number of benzene rings is 2. The molecule has 0 radical (unpaired) electrons. The zero-order valence-corrected chi connectivity index (χ0v) is 13.9. The Morgan fingerprint density at radius 3 is 2.32 bits per heavy atom. The van der Waals surface area contributed by atoms with E-state index in [2.05, 4.69) is 5.32 Å². The van der Waals surface area contributed by atoms with Gasteiger partial charge in [0.15, 0.2) is 0 Å². The first-order valence-electron chi connectivity index (χ1n) is 7.75. The van der Waals surface area contributed by atoms with Crippen molar-refractivity contribution in [3.8, 4) is 11.8 Å². The first kappa shape index (κ1) is 16.5. The van der Waals surface area contributed by atoms with E-state index in [1.54, 1.807) is 62.6 Å². The molecule has 1 fully saturated rings. The molecule has 6 nitrogen and oxygen atoms in total. The number of imide groups is 1. The SMILES string of the molecule is COc1ccc([C@]2(C)NC(=O)N(Cc3ccc(C#N)cc3)C2=O)cc1. The maximum absolute atomic E-state index is 12.9. The van der Waals surface area contributed by atoms with Crippen molar-refractivity contribution in [2.75, 3.05) is 7.11 Å². The molecule has 0 saturated carbocycles. The molecule has 126 valence electrons. The lowest BCUT2D eigenvalue weighted by molar-refractivity contribution is -0.131. The minimum absolute atomic E-state index is 0.155. The zero-order valence-electron chi connectivity index (χ0n) is 13.9. The molecule has 25 heavy (non-hydrogen) atoms. The highest BCUT2D eigenvalue weighted by Gasteiger charge is 2.48. The molecule has 1 aliphatic rings. The van der Waals surface area contributed by atoms with E-state index in [4.69, 9.17) is 10.00 Å². The zero-order chi connectivity index (χ0) is 18.0. The van der Waals surface area contributed by atoms with Crippen LogP contribution in [0.1, 0.15) is 23.6 Å².